The first-order valence-corrected chi connectivity index (χ1v) is 6.14. The van der Waals surface area contributed by atoms with Gasteiger partial charge in [0.25, 0.3) is 0 Å². The van der Waals surface area contributed by atoms with E-state index in [2.05, 4.69) is 15.0 Å². The number of nitrogens with zero attached hydrogens (tertiary/aromatic N) is 3. The topological polar surface area (TPSA) is 122 Å². The summed E-state index contributed by atoms with van der Waals surface area (Å²) in [5.74, 6) is 0.153. The van der Waals surface area contributed by atoms with Crippen molar-refractivity contribution in [2.45, 2.75) is 31.5 Å². The van der Waals surface area contributed by atoms with Gasteiger partial charge < -0.3 is 25.7 Å². The van der Waals surface area contributed by atoms with Crippen LogP contribution in [0.15, 0.2) is 6.33 Å². The lowest BCUT2D eigenvalue weighted by atomic mass is 10.1. The normalized spacial score (nSPS) is 31.1. The Labute approximate surface area is 112 Å². The third-order valence-electron chi connectivity index (χ3n) is 3.22. The number of hydrogen-bond donors (Lipinski definition) is 4. The number of aliphatic hydroxyl groups excluding tert-OH is 2. The molecule has 2 aromatic heterocycles. The van der Waals surface area contributed by atoms with Gasteiger partial charge in [0.1, 0.15) is 23.4 Å². The smallest absolute Gasteiger partial charge is 0.200 e. The second-order valence-electron chi connectivity index (χ2n) is 4.49. The summed E-state index contributed by atoms with van der Waals surface area (Å²) in [5, 5.41) is 19.7. The zero-order valence-electron chi connectivity index (χ0n) is 10.0. The highest BCUT2D eigenvalue weighted by Crippen LogP contribution is 2.31. The minimum absolute atomic E-state index is 0.153. The molecule has 8 nitrogen and oxygen atoms in total. The molecule has 3 rings (SSSR count). The van der Waals surface area contributed by atoms with Gasteiger partial charge in [0, 0.05) is 0 Å². The van der Waals surface area contributed by atoms with Gasteiger partial charge in [0.15, 0.2) is 16.8 Å². The molecule has 0 amide bonds. The molecular formula is C10H13N5O3S. The van der Waals surface area contributed by atoms with E-state index in [1.165, 1.54) is 6.33 Å². The van der Waals surface area contributed by atoms with Crippen LogP contribution in [-0.4, -0.2) is 48.0 Å². The van der Waals surface area contributed by atoms with Crippen LogP contribution in [0, 0.1) is 4.64 Å². The van der Waals surface area contributed by atoms with Gasteiger partial charge in [-0.3, -0.25) is 4.57 Å². The SMILES string of the molecule is C[C@@H]1O[C@@H](n2cnc3c(=S)nc(N)[nH]c32)[C@H](O)[C@@H]1O. The summed E-state index contributed by atoms with van der Waals surface area (Å²) in [6.45, 7) is 1.69. The average molecular weight is 283 g/mol. The highest BCUT2D eigenvalue weighted by molar-refractivity contribution is 7.71. The number of nitrogen functional groups attached to an aromatic ring is 1. The van der Waals surface area contributed by atoms with Crippen LogP contribution in [0.25, 0.3) is 11.2 Å². The summed E-state index contributed by atoms with van der Waals surface area (Å²) in [7, 11) is 0. The summed E-state index contributed by atoms with van der Waals surface area (Å²) in [5.41, 5.74) is 6.58. The van der Waals surface area contributed by atoms with Crippen molar-refractivity contribution >= 4 is 29.3 Å². The number of hydrogen-bond acceptors (Lipinski definition) is 7. The monoisotopic (exact) mass is 283 g/mol. The highest BCUT2D eigenvalue weighted by atomic mass is 32.1. The Morgan fingerprint density at radius 2 is 2.21 bits per heavy atom. The number of H-pyrrole nitrogens is 1. The minimum Gasteiger partial charge on any atom is -0.388 e. The van der Waals surface area contributed by atoms with E-state index in [0.29, 0.717) is 11.2 Å². The van der Waals surface area contributed by atoms with Crippen LogP contribution in [0.5, 0.6) is 0 Å². The number of nitrogens with two attached hydrogens (primary N) is 1. The molecule has 5 N–H and O–H groups in total. The van der Waals surface area contributed by atoms with E-state index in [0.717, 1.165) is 0 Å². The average Bonchev–Trinajstić information content (AvgIpc) is 2.86. The molecule has 0 spiro atoms. The van der Waals surface area contributed by atoms with Crippen molar-refractivity contribution in [1.82, 2.24) is 19.5 Å². The number of ether oxygens (including phenoxy) is 1. The van der Waals surface area contributed by atoms with Crippen molar-refractivity contribution in [3.63, 3.8) is 0 Å². The summed E-state index contributed by atoms with van der Waals surface area (Å²) in [6.07, 6.45) is -1.76. The molecule has 0 unspecified atom stereocenters. The number of aromatic nitrogens is 4. The third kappa shape index (κ3) is 1.82. The highest BCUT2D eigenvalue weighted by Gasteiger charge is 2.41. The van der Waals surface area contributed by atoms with E-state index < -0.39 is 24.5 Å². The van der Waals surface area contributed by atoms with Crippen molar-refractivity contribution in [2.75, 3.05) is 5.73 Å². The van der Waals surface area contributed by atoms with Gasteiger partial charge in [-0.2, -0.15) is 0 Å². The van der Waals surface area contributed by atoms with E-state index in [1.54, 1.807) is 11.5 Å². The largest absolute Gasteiger partial charge is 0.388 e. The second-order valence-corrected chi connectivity index (χ2v) is 4.88. The Kier molecular flexibility index (Phi) is 2.78. The molecule has 1 aliphatic heterocycles. The molecule has 1 saturated heterocycles. The summed E-state index contributed by atoms with van der Waals surface area (Å²) in [4.78, 5) is 10.9. The Bertz CT molecular complexity index is 683. The maximum absolute atomic E-state index is 9.99. The number of imidazole rings is 1. The van der Waals surface area contributed by atoms with Gasteiger partial charge >= 0.3 is 0 Å². The van der Waals surface area contributed by atoms with Crippen LogP contribution in [-0.2, 0) is 4.74 Å². The molecule has 4 atom stereocenters. The quantitative estimate of drug-likeness (QED) is 0.530. The molecule has 1 fully saturated rings. The van der Waals surface area contributed by atoms with Crippen LogP contribution in [0.3, 0.4) is 0 Å². The molecule has 102 valence electrons. The maximum atomic E-state index is 9.99. The van der Waals surface area contributed by atoms with Crippen molar-refractivity contribution in [3.05, 3.63) is 11.0 Å². The van der Waals surface area contributed by atoms with Crippen molar-refractivity contribution in [3.8, 4) is 0 Å². The van der Waals surface area contributed by atoms with Crippen LogP contribution in [0.2, 0.25) is 0 Å². The molecule has 0 saturated carbocycles. The molecule has 0 radical (unpaired) electrons. The van der Waals surface area contributed by atoms with Gasteiger partial charge in [0.05, 0.1) is 12.4 Å². The van der Waals surface area contributed by atoms with Gasteiger partial charge in [-0.15, -0.1) is 0 Å². The van der Waals surface area contributed by atoms with Crippen LogP contribution < -0.4 is 5.73 Å². The fourth-order valence-electron chi connectivity index (χ4n) is 2.20. The van der Waals surface area contributed by atoms with Gasteiger partial charge in [-0.1, -0.05) is 12.2 Å². The first-order chi connectivity index (χ1) is 8.99. The number of nitrogens with one attached hydrogen (secondary N) is 1. The van der Waals surface area contributed by atoms with Crippen LogP contribution in [0.4, 0.5) is 5.95 Å². The van der Waals surface area contributed by atoms with E-state index >= 15 is 0 Å². The van der Waals surface area contributed by atoms with Crippen LogP contribution in [0.1, 0.15) is 13.2 Å². The predicted octanol–water partition coefficient (Wildman–Crippen LogP) is -0.290. The molecule has 0 bridgehead atoms. The van der Waals surface area contributed by atoms with Gasteiger partial charge in [-0.05, 0) is 6.92 Å². The number of aromatic amines is 1. The van der Waals surface area contributed by atoms with E-state index in [9.17, 15) is 10.2 Å². The first-order valence-electron chi connectivity index (χ1n) is 5.73. The lowest BCUT2D eigenvalue weighted by Crippen LogP contribution is -2.30. The molecule has 19 heavy (non-hydrogen) atoms. The summed E-state index contributed by atoms with van der Waals surface area (Å²) < 4.78 is 7.35. The molecule has 0 aliphatic carbocycles. The number of anilines is 1. The molecule has 9 heteroatoms. The Morgan fingerprint density at radius 3 is 2.84 bits per heavy atom. The first kappa shape index (κ1) is 12.5. The number of rotatable bonds is 1. The Morgan fingerprint density at radius 1 is 1.47 bits per heavy atom. The van der Waals surface area contributed by atoms with Crippen molar-refractivity contribution in [2.24, 2.45) is 0 Å². The lowest BCUT2D eigenvalue weighted by molar-refractivity contribution is -0.0299. The van der Waals surface area contributed by atoms with Crippen LogP contribution >= 0.6 is 12.2 Å². The molecule has 2 aromatic rings. The molecular weight excluding hydrogens is 270 g/mol. The fraction of sp³-hybridized carbons (Fsp3) is 0.500. The van der Waals surface area contributed by atoms with Crippen molar-refractivity contribution < 1.29 is 14.9 Å². The van der Waals surface area contributed by atoms with Gasteiger partial charge in [-0.25, -0.2) is 9.97 Å². The third-order valence-corrected chi connectivity index (χ3v) is 3.50. The second kappa shape index (κ2) is 4.23. The van der Waals surface area contributed by atoms with Crippen molar-refractivity contribution in [1.29, 1.82) is 0 Å². The maximum Gasteiger partial charge on any atom is 0.200 e. The van der Waals surface area contributed by atoms with Gasteiger partial charge in [0.2, 0.25) is 0 Å². The summed E-state index contributed by atoms with van der Waals surface area (Å²) in [6, 6.07) is 0. The number of aliphatic hydroxyl groups is 2. The fourth-order valence-corrected chi connectivity index (χ4v) is 2.45. The molecule has 3 heterocycles. The Hall–Kier alpha value is -1.55. The van der Waals surface area contributed by atoms with E-state index in [1.807, 2.05) is 0 Å². The molecule has 1 aliphatic rings. The molecule has 0 aromatic carbocycles. The zero-order chi connectivity index (χ0) is 13.7. The summed E-state index contributed by atoms with van der Waals surface area (Å²) >= 11 is 5.07. The zero-order valence-corrected chi connectivity index (χ0v) is 10.8. The standard InChI is InChI=1S/C10H13N5O3S/c1-3-5(16)6(17)9(18-3)15-2-12-4-7(15)13-10(11)14-8(4)19/h2-3,5-6,9,16-17H,1H3,(H3,11,13,14,19)/t3-,5+,6+,9+/m0/s1. The minimum atomic E-state index is -1.05. The van der Waals surface area contributed by atoms with E-state index in [4.69, 9.17) is 22.7 Å². The predicted molar refractivity (Wildman–Crippen MR) is 68.7 cm³/mol. The van der Waals surface area contributed by atoms with E-state index in [-0.39, 0.29) is 10.6 Å². The lowest BCUT2D eigenvalue weighted by Gasteiger charge is -2.16. The Balaban J connectivity index is 2.14. The number of fused-ring (bicyclic) bond motifs is 1.